The molecule has 1 aromatic heterocycles. The maximum atomic E-state index is 10.7. The molecule has 19 heavy (non-hydrogen) atoms. The highest BCUT2D eigenvalue weighted by Gasteiger charge is 2.42. The van der Waals surface area contributed by atoms with Gasteiger partial charge in [0.2, 0.25) is 0 Å². The van der Waals surface area contributed by atoms with E-state index in [0.29, 0.717) is 11.1 Å². The van der Waals surface area contributed by atoms with Crippen LogP contribution in [0.25, 0.3) is 0 Å². The largest absolute Gasteiger partial charge is 0.390 e. The molecule has 1 saturated carbocycles. The Kier molecular flexibility index (Phi) is 3.58. The number of imidazole rings is 1. The van der Waals surface area contributed by atoms with Gasteiger partial charge in [-0.25, -0.2) is 4.98 Å². The zero-order valence-electron chi connectivity index (χ0n) is 11.5. The lowest BCUT2D eigenvalue weighted by atomic mass is 9.71. The second-order valence-corrected chi connectivity index (χ2v) is 6.47. The molecule has 0 radical (unpaired) electrons. The minimum Gasteiger partial charge on any atom is -0.390 e. The Morgan fingerprint density at radius 1 is 1.47 bits per heavy atom. The van der Waals surface area contributed by atoms with E-state index in [1.54, 1.807) is 6.20 Å². The minimum atomic E-state index is -0.395. The van der Waals surface area contributed by atoms with Crippen LogP contribution in [0.15, 0.2) is 6.20 Å². The van der Waals surface area contributed by atoms with E-state index in [9.17, 15) is 5.11 Å². The summed E-state index contributed by atoms with van der Waals surface area (Å²) in [7, 11) is 1.95. The molecule has 5 heteroatoms. The number of aliphatic hydroxyl groups is 1. The monoisotopic (exact) mass is 283 g/mol. The average Bonchev–Trinajstić information content (AvgIpc) is 2.71. The van der Waals surface area contributed by atoms with Crippen molar-refractivity contribution in [3.8, 4) is 0 Å². The van der Waals surface area contributed by atoms with Crippen molar-refractivity contribution in [3.05, 3.63) is 17.2 Å². The second-order valence-electron chi connectivity index (χ2n) is 6.09. The maximum Gasteiger partial charge on any atom is 0.128 e. The molecule has 2 heterocycles. The Morgan fingerprint density at radius 3 is 3.05 bits per heavy atom. The number of hydrogen-bond acceptors (Lipinski definition) is 3. The van der Waals surface area contributed by atoms with E-state index in [4.69, 9.17) is 11.6 Å². The molecular formula is C14H22ClN3O. The third kappa shape index (κ3) is 2.54. The topological polar surface area (TPSA) is 41.3 Å². The predicted molar refractivity (Wildman–Crippen MR) is 75.0 cm³/mol. The molecule has 0 spiro atoms. The SMILES string of the molecule is Cn1c(Cl)cnc1CN1CCC2(O)CCCCC2C1. The van der Waals surface area contributed by atoms with Gasteiger partial charge < -0.3 is 9.67 Å². The van der Waals surface area contributed by atoms with Crippen molar-refractivity contribution in [1.82, 2.24) is 14.5 Å². The lowest BCUT2D eigenvalue weighted by Crippen LogP contribution is -2.53. The van der Waals surface area contributed by atoms with Gasteiger partial charge in [0, 0.05) is 26.1 Å². The summed E-state index contributed by atoms with van der Waals surface area (Å²) in [6, 6.07) is 0. The highest BCUT2D eigenvalue weighted by molar-refractivity contribution is 6.29. The summed E-state index contributed by atoms with van der Waals surface area (Å²) < 4.78 is 1.93. The molecule has 1 aromatic rings. The van der Waals surface area contributed by atoms with Gasteiger partial charge in [-0.2, -0.15) is 0 Å². The number of likely N-dealkylation sites (tertiary alicyclic amines) is 1. The van der Waals surface area contributed by atoms with E-state index < -0.39 is 5.60 Å². The summed E-state index contributed by atoms with van der Waals surface area (Å²) in [5.41, 5.74) is -0.395. The molecule has 2 unspecified atom stereocenters. The molecule has 1 aliphatic carbocycles. The summed E-state index contributed by atoms with van der Waals surface area (Å²) in [5, 5.41) is 11.3. The summed E-state index contributed by atoms with van der Waals surface area (Å²) in [6.07, 6.45) is 7.19. The summed E-state index contributed by atoms with van der Waals surface area (Å²) in [6.45, 7) is 2.77. The van der Waals surface area contributed by atoms with Crippen LogP contribution in [0, 0.1) is 5.92 Å². The van der Waals surface area contributed by atoms with Gasteiger partial charge in [0.1, 0.15) is 11.0 Å². The van der Waals surface area contributed by atoms with E-state index in [1.807, 2.05) is 11.6 Å². The fraction of sp³-hybridized carbons (Fsp3) is 0.786. The Labute approximate surface area is 119 Å². The van der Waals surface area contributed by atoms with Crippen molar-refractivity contribution in [2.75, 3.05) is 13.1 Å². The minimum absolute atomic E-state index is 0.395. The van der Waals surface area contributed by atoms with Gasteiger partial charge >= 0.3 is 0 Å². The lowest BCUT2D eigenvalue weighted by Gasteiger charge is -2.47. The number of piperidine rings is 1. The lowest BCUT2D eigenvalue weighted by molar-refractivity contribution is -0.0972. The highest BCUT2D eigenvalue weighted by Crippen LogP contribution is 2.39. The number of halogens is 1. The second kappa shape index (κ2) is 5.08. The predicted octanol–water partition coefficient (Wildman–Crippen LogP) is 2.20. The van der Waals surface area contributed by atoms with E-state index in [-0.39, 0.29) is 0 Å². The Morgan fingerprint density at radius 2 is 2.32 bits per heavy atom. The van der Waals surface area contributed by atoms with Crippen LogP contribution >= 0.6 is 11.6 Å². The Hall–Kier alpha value is -0.580. The number of aromatic nitrogens is 2. The van der Waals surface area contributed by atoms with Crippen LogP contribution in [-0.4, -0.2) is 38.2 Å². The molecule has 1 aliphatic heterocycles. The van der Waals surface area contributed by atoms with Gasteiger partial charge in [-0.3, -0.25) is 4.90 Å². The first-order valence-electron chi connectivity index (χ1n) is 7.19. The van der Waals surface area contributed by atoms with Gasteiger partial charge in [-0.05, 0) is 19.3 Å². The van der Waals surface area contributed by atoms with Crippen molar-refractivity contribution >= 4 is 11.6 Å². The van der Waals surface area contributed by atoms with E-state index in [1.165, 1.54) is 12.8 Å². The Balaban J connectivity index is 1.66. The molecule has 106 valence electrons. The third-order valence-corrected chi connectivity index (χ3v) is 5.26. The smallest absolute Gasteiger partial charge is 0.128 e. The molecule has 0 bridgehead atoms. The summed E-state index contributed by atoms with van der Waals surface area (Å²) in [5.74, 6) is 1.44. The van der Waals surface area contributed by atoms with Crippen molar-refractivity contribution in [3.63, 3.8) is 0 Å². The van der Waals surface area contributed by atoms with Crippen LogP contribution < -0.4 is 0 Å². The number of fused-ring (bicyclic) bond motifs is 1. The zero-order chi connectivity index (χ0) is 13.5. The van der Waals surface area contributed by atoms with Crippen LogP contribution in [0.3, 0.4) is 0 Å². The first kappa shape index (κ1) is 13.4. The number of rotatable bonds is 2. The molecule has 2 aliphatic rings. The van der Waals surface area contributed by atoms with Gasteiger partial charge in [-0.15, -0.1) is 0 Å². The van der Waals surface area contributed by atoms with Crippen LogP contribution in [-0.2, 0) is 13.6 Å². The molecule has 4 nitrogen and oxygen atoms in total. The third-order valence-electron chi connectivity index (χ3n) is 4.90. The van der Waals surface area contributed by atoms with E-state index in [2.05, 4.69) is 9.88 Å². The molecule has 1 saturated heterocycles. The van der Waals surface area contributed by atoms with Gasteiger partial charge in [0.15, 0.2) is 0 Å². The van der Waals surface area contributed by atoms with Crippen molar-refractivity contribution in [2.45, 2.75) is 44.2 Å². The first-order chi connectivity index (χ1) is 9.08. The molecular weight excluding hydrogens is 262 g/mol. The summed E-state index contributed by atoms with van der Waals surface area (Å²) in [4.78, 5) is 6.76. The highest BCUT2D eigenvalue weighted by atomic mass is 35.5. The van der Waals surface area contributed by atoms with Crippen LogP contribution in [0.2, 0.25) is 5.15 Å². The molecule has 2 atom stereocenters. The molecule has 2 fully saturated rings. The quantitative estimate of drug-likeness (QED) is 0.905. The molecule has 0 aromatic carbocycles. The number of hydrogen-bond donors (Lipinski definition) is 1. The molecule has 0 amide bonds. The van der Waals surface area contributed by atoms with Crippen molar-refractivity contribution < 1.29 is 5.11 Å². The molecule has 1 N–H and O–H groups in total. The van der Waals surface area contributed by atoms with Crippen LogP contribution in [0.1, 0.15) is 37.9 Å². The van der Waals surface area contributed by atoms with E-state index in [0.717, 1.165) is 44.7 Å². The van der Waals surface area contributed by atoms with E-state index >= 15 is 0 Å². The van der Waals surface area contributed by atoms with Crippen molar-refractivity contribution in [1.29, 1.82) is 0 Å². The van der Waals surface area contributed by atoms with Crippen LogP contribution in [0.5, 0.6) is 0 Å². The van der Waals surface area contributed by atoms with Gasteiger partial charge in [0.05, 0.1) is 18.3 Å². The van der Waals surface area contributed by atoms with Crippen molar-refractivity contribution in [2.24, 2.45) is 13.0 Å². The first-order valence-corrected chi connectivity index (χ1v) is 7.57. The van der Waals surface area contributed by atoms with Gasteiger partial charge in [0.25, 0.3) is 0 Å². The standard InChI is InChI=1S/C14H22ClN3O/c1-17-12(15)8-16-13(17)10-18-7-6-14(19)5-3-2-4-11(14)9-18/h8,11,19H,2-7,9-10H2,1H3. The maximum absolute atomic E-state index is 10.7. The van der Waals surface area contributed by atoms with Gasteiger partial charge in [-0.1, -0.05) is 24.4 Å². The normalized spacial score (nSPS) is 32.3. The average molecular weight is 284 g/mol. The fourth-order valence-corrected chi connectivity index (χ4v) is 3.70. The zero-order valence-corrected chi connectivity index (χ0v) is 12.2. The summed E-state index contributed by atoms with van der Waals surface area (Å²) >= 11 is 6.02. The Bertz CT molecular complexity index is 462. The number of nitrogens with zero attached hydrogens (tertiary/aromatic N) is 3. The molecule has 3 rings (SSSR count). The fourth-order valence-electron chi connectivity index (χ4n) is 3.55. The van der Waals surface area contributed by atoms with Crippen LogP contribution in [0.4, 0.5) is 0 Å².